The Morgan fingerprint density at radius 1 is 1.14 bits per heavy atom. The van der Waals surface area contributed by atoms with Gasteiger partial charge >= 0.3 is 0 Å². The van der Waals surface area contributed by atoms with E-state index in [0.717, 1.165) is 12.0 Å². The Bertz CT molecular complexity index is 632. The summed E-state index contributed by atoms with van der Waals surface area (Å²) in [6.45, 7) is 0.769. The minimum absolute atomic E-state index is 0.0333. The van der Waals surface area contributed by atoms with E-state index >= 15 is 0 Å². The molecule has 0 saturated carbocycles. The molecule has 0 aliphatic heterocycles. The minimum atomic E-state index is -0.517. The van der Waals surface area contributed by atoms with Crippen LogP contribution in [0.3, 0.4) is 0 Å². The zero-order valence-corrected chi connectivity index (χ0v) is 11.8. The van der Waals surface area contributed by atoms with Crippen molar-refractivity contribution in [3.05, 3.63) is 65.0 Å². The largest absolute Gasteiger partial charge is 0.489 e. The Balaban J connectivity index is 1.99. The standard InChI is InChI=1S/C17H16FNO2/c1-20-10-9-13-5-7-16(8-6-13)21-12-15-4-2-3-14(11-19)17(15)18/h2-8H,9-10,12H2,1H3. The summed E-state index contributed by atoms with van der Waals surface area (Å²) in [5.74, 6) is 0.148. The van der Waals surface area contributed by atoms with Crippen LogP contribution in [0.2, 0.25) is 0 Å². The topological polar surface area (TPSA) is 42.2 Å². The van der Waals surface area contributed by atoms with E-state index in [4.69, 9.17) is 14.7 Å². The Morgan fingerprint density at radius 3 is 2.57 bits per heavy atom. The highest BCUT2D eigenvalue weighted by molar-refractivity contribution is 5.35. The third-order valence-corrected chi connectivity index (χ3v) is 3.11. The van der Waals surface area contributed by atoms with E-state index in [2.05, 4.69) is 0 Å². The summed E-state index contributed by atoms with van der Waals surface area (Å²) >= 11 is 0. The SMILES string of the molecule is COCCc1ccc(OCc2cccc(C#N)c2F)cc1. The fourth-order valence-corrected chi connectivity index (χ4v) is 1.91. The molecule has 2 aromatic rings. The van der Waals surface area contributed by atoms with Crippen LogP contribution in [0.1, 0.15) is 16.7 Å². The number of nitrogens with zero attached hydrogens (tertiary/aromatic N) is 1. The highest BCUT2D eigenvalue weighted by Crippen LogP contribution is 2.17. The van der Waals surface area contributed by atoms with Gasteiger partial charge < -0.3 is 9.47 Å². The van der Waals surface area contributed by atoms with Crippen molar-refractivity contribution < 1.29 is 13.9 Å². The van der Waals surface area contributed by atoms with E-state index < -0.39 is 5.82 Å². The second-order valence-corrected chi connectivity index (χ2v) is 4.57. The molecule has 0 unspecified atom stereocenters. The second-order valence-electron chi connectivity index (χ2n) is 4.57. The Morgan fingerprint density at radius 2 is 1.90 bits per heavy atom. The van der Waals surface area contributed by atoms with Gasteiger partial charge in [0.2, 0.25) is 0 Å². The molecular weight excluding hydrogens is 269 g/mol. The molecule has 0 aromatic heterocycles. The van der Waals surface area contributed by atoms with E-state index in [-0.39, 0.29) is 12.2 Å². The van der Waals surface area contributed by atoms with Gasteiger partial charge in [-0.2, -0.15) is 5.26 Å². The molecule has 0 bridgehead atoms. The van der Waals surface area contributed by atoms with Gasteiger partial charge in [-0.15, -0.1) is 0 Å². The number of methoxy groups -OCH3 is 1. The molecule has 4 heteroatoms. The van der Waals surface area contributed by atoms with Crippen molar-refractivity contribution in [3.63, 3.8) is 0 Å². The van der Waals surface area contributed by atoms with Crippen LogP contribution in [0.25, 0.3) is 0 Å². The molecule has 0 N–H and O–H groups in total. The summed E-state index contributed by atoms with van der Waals surface area (Å²) in [6, 6.07) is 14.1. The fourth-order valence-electron chi connectivity index (χ4n) is 1.91. The summed E-state index contributed by atoms with van der Waals surface area (Å²) in [5.41, 5.74) is 1.56. The van der Waals surface area contributed by atoms with Gasteiger partial charge in [-0.05, 0) is 30.2 Å². The first kappa shape index (κ1) is 15.0. The van der Waals surface area contributed by atoms with Crippen molar-refractivity contribution in [2.24, 2.45) is 0 Å². The number of hydrogen-bond donors (Lipinski definition) is 0. The number of nitriles is 1. The molecule has 0 atom stereocenters. The van der Waals surface area contributed by atoms with Crippen molar-refractivity contribution in [3.8, 4) is 11.8 Å². The van der Waals surface area contributed by atoms with Crippen LogP contribution in [-0.4, -0.2) is 13.7 Å². The average molecular weight is 285 g/mol. The molecule has 2 rings (SSSR count). The van der Waals surface area contributed by atoms with Gasteiger partial charge in [0, 0.05) is 12.7 Å². The van der Waals surface area contributed by atoms with Crippen LogP contribution in [0.15, 0.2) is 42.5 Å². The summed E-state index contributed by atoms with van der Waals surface area (Å²) in [4.78, 5) is 0. The lowest BCUT2D eigenvalue weighted by molar-refractivity contribution is 0.202. The molecule has 0 saturated heterocycles. The van der Waals surface area contributed by atoms with Gasteiger partial charge in [0.1, 0.15) is 24.2 Å². The maximum absolute atomic E-state index is 13.9. The number of rotatable bonds is 6. The highest BCUT2D eigenvalue weighted by atomic mass is 19.1. The summed E-state index contributed by atoms with van der Waals surface area (Å²) in [5, 5.41) is 8.79. The predicted octanol–water partition coefficient (Wildman–Crippen LogP) is 3.47. The summed E-state index contributed by atoms with van der Waals surface area (Å²) < 4.78 is 24.4. The monoisotopic (exact) mass is 285 g/mol. The van der Waals surface area contributed by atoms with E-state index in [9.17, 15) is 4.39 Å². The molecule has 2 aromatic carbocycles. The number of halogens is 1. The van der Waals surface area contributed by atoms with Crippen LogP contribution < -0.4 is 4.74 Å². The molecule has 0 fully saturated rings. The zero-order chi connectivity index (χ0) is 15.1. The molecule has 108 valence electrons. The van der Waals surface area contributed by atoms with Crippen molar-refractivity contribution in [1.82, 2.24) is 0 Å². The smallest absolute Gasteiger partial charge is 0.147 e. The average Bonchev–Trinajstić information content (AvgIpc) is 2.53. The lowest BCUT2D eigenvalue weighted by Gasteiger charge is -2.08. The molecule has 0 aliphatic rings. The summed E-state index contributed by atoms with van der Waals surface area (Å²) in [6.07, 6.45) is 0.843. The predicted molar refractivity (Wildman–Crippen MR) is 77.5 cm³/mol. The lowest BCUT2D eigenvalue weighted by atomic mass is 10.1. The number of hydrogen-bond acceptors (Lipinski definition) is 3. The molecule has 0 amide bonds. The van der Waals surface area contributed by atoms with Gasteiger partial charge in [-0.1, -0.05) is 24.3 Å². The second kappa shape index (κ2) is 7.41. The molecule has 0 aliphatic carbocycles. The first-order valence-electron chi connectivity index (χ1n) is 6.62. The van der Waals surface area contributed by atoms with Crippen LogP contribution in [0, 0.1) is 17.1 Å². The third kappa shape index (κ3) is 4.04. The molecule has 0 spiro atoms. The van der Waals surface area contributed by atoms with Crippen LogP contribution in [-0.2, 0) is 17.8 Å². The van der Waals surface area contributed by atoms with Crippen LogP contribution in [0.4, 0.5) is 4.39 Å². The van der Waals surface area contributed by atoms with Gasteiger partial charge in [0.25, 0.3) is 0 Å². The molecule has 0 heterocycles. The maximum atomic E-state index is 13.9. The maximum Gasteiger partial charge on any atom is 0.147 e. The zero-order valence-electron chi connectivity index (χ0n) is 11.8. The Kier molecular flexibility index (Phi) is 5.30. The molecular formula is C17H16FNO2. The van der Waals surface area contributed by atoms with Crippen molar-refractivity contribution >= 4 is 0 Å². The van der Waals surface area contributed by atoms with E-state index in [1.807, 2.05) is 30.3 Å². The normalized spacial score (nSPS) is 10.1. The van der Waals surface area contributed by atoms with E-state index in [0.29, 0.717) is 17.9 Å². The van der Waals surface area contributed by atoms with Crippen LogP contribution in [0.5, 0.6) is 5.75 Å². The molecule has 3 nitrogen and oxygen atoms in total. The first-order valence-corrected chi connectivity index (χ1v) is 6.62. The van der Waals surface area contributed by atoms with E-state index in [1.165, 1.54) is 6.07 Å². The Labute approximate surface area is 123 Å². The van der Waals surface area contributed by atoms with Crippen molar-refractivity contribution in [2.45, 2.75) is 13.0 Å². The van der Waals surface area contributed by atoms with Crippen LogP contribution >= 0.6 is 0 Å². The first-order chi connectivity index (χ1) is 10.2. The number of benzene rings is 2. The molecule has 21 heavy (non-hydrogen) atoms. The minimum Gasteiger partial charge on any atom is -0.489 e. The molecule has 0 radical (unpaired) electrons. The number of ether oxygens (including phenoxy) is 2. The Hall–Kier alpha value is -2.38. The van der Waals surface area contributed by atoms with Gasteiger partial charge in [-0.3, -0.25) is 0 Å². The summed E-state index contributed by atoms with van der Waals surface area (Å²) in [7, 11) is 1.67. The van der Waals surface area contributed by atoms with E-state index in [1.54, 1.807) is 19.2 Å². The third-order valence-electron chi connectivity index (χ3n) is 3.11. The van der Waals surface area contributed by atoms with Crippen molar-refractivity contribution in [1.29, 1.82) is 5.26 Å². The van der Waals surface area contributed by atoms with Gasteiger partial charge in [0.05, 0.1) is 12.2 Å². The quantitative estimate of drug-likeness (QED) is 0.816. The van der Waals surface area contributed by atoms with Crippen molar-refractivity contribution in [2.75, 3.05) is 13.7 Å². The highest BCUT2D eigenvalue weighted by Gasteiger charge is 2.08. The van der Waals surface area contributed by atoms with Gasteiger partial charge in [-0.25, -0.2) is 4.39 Å². The lowest BCUT2D eigenvalue weighted by Crippen LogP contribution is -2.00. The van der Waals surface area contributed by atoms with Gasteiger partial charge in [0.15, 0.2) is 0 Å². The fraction of sp³-hybridized carbons (Fsp3) is 0.235.